The molecule has 1 aromatic carbocycles. The molecule has 1 heterocycles. The Morgan fingerprint density at radius 3 is 2.04 bits per heavy atom. The summed E-state index contributed by atoms with van der Waals surface area (Å²) in [5.41, 5.74) is 1.33. The fourth-order valence-corrected chi connectivity index (χ4v) is 2.93. The van der Waals surface area contributed by atoms with Crippen LogP contribution in [0.15, 0.2) is 41.8 Å². The molecular weight excluding hydrogens is 336 g/mol. The smallest absolute Gasteiger partial charge is 0.224 e. The van der Waals surface area contributed by atoms with Gasteiger partial charge in [0.2, 0.25) is 11.8 Å². The molecule has 5 nitrogen and oxygen atoms in total. The third-order valence-corrected chi connectivity index (χ3v) is 4.33. The lowest BCUT2D eigenvalue weighted by molar-refractivity contribution is -0.117. The van der Waals surface area contributed by atoms with Crippen LogP contribution in [0.1, 0.15) is 42.8 Å². The molecule has 0 spiro atoms. The standard InChI is InChI=1S/C19H22N2O3S/c1-13(2)12-19(24)21-15-7-5-14(6-8-15)20-18(23)10-9-16(22)17-4-3-11-25-17/h3-8,11,13H,9-10,12H2,1-2H3,(H,20,23)(H,21,24). The van der Waals surface area contributed by atoms with Crippen molar-refractivity contribution in [1.82, 2.24) is 0 Å². The second-order valence-corrected chi connectivity index (χ2v) is 7.12. The Labute approximate surface area is 151 Å². The van der Waals surface area contributed by atoms with Crippen molar-refractivity contribution in [3.05, 3.63) is 46.7 Å². The van der Waals surface area contributed by atoms with Crippen molar-refractivity contribution in [2.45, 2.75) is 33.1 Å². The molecule has 0 aliphatic carbocycles. The maximum absolute atomic E-state index is 11.9. The van der Waals surface area contributed by atoms with E-state index in [1.165, 1.54) is 11.3 Å². The average Bonchev–Trinajstić information content (AvgIpc) is 3.08. The van der Waals surface area contributed by atoms with E-state index in [9.17, 15) is 14.4 Å². The number of hydrogen-bond donors (Lipinski definition) is 2. The lowest BCUT2D eigenvalue weighted by Crippen LogP contribution is -2.14. The van der Waals surface area contributed by atoms with Gasteiger partial charge in [-0.25, -0.2) is 0 Å². The summed E-state index contributed by atoms with van der Waals surface area (Å²) in [6.45, 7) is 3.98. The molecule has 1 aromatic heterocycles. The molecule has 0 bridgehead atoms. The van der Waals surface area contributed by atoms with Gasteiger partial charge in [0.25, 0.3) is 0 Å². The van der Waals surface area contributed by atoms with Crippen molar-refractivity contribution in [3.63, 3.8) is 0 Å². The summed E-state index contributed by atoms with van der Waals surface area (Å²) in [6, 6.07) is 10.5. The van der Waals surface area contributed by atoms with Gasteiger partial charge in [0.15, 0.2) is 5.78 Å². The number of Topliss-reactive ketones (excluding diaryl/α,β-unsaturated/α-hetero) is 1. The fraction of sp³-hybridized carbons (Fsp3) is 0.316. The van der Waals surface area contributed by atoms with Crippen LogP contribution >= 0.6 is 11.3 Å². The van der Waals surface area contributed by atoms with Crippen molar-refractivity contribution in [2.24, 2.45) is 5.92 Å². The number of carbonyl (C=O) groups is 3. The van der Waals surface area contributed by atoms with E-state index in [1.54, 1.807) is 30.3 Å². The zero-order valence-corrected chi connectivity index (χ0v) is 15.2. The number of rotatable bonds is 8. The van der Waals surface area contributed by atoms with Gasteiger partial charge in [-0.3, -0.25) is 14.4 Å². The summed E-state index contributed by atoms with van der Waals surface area (Å²) >= 11 is 1.38. The van der Waals surface area contributed by atoms with E-state index < -0.39 is 0 Å². The molecule has 132 valence electrons. The Hall–Kier alpha value is -2.47. The van der Waals surface area contributed by atoms with Crippen LogP contribution in [0, 0.1) is 5.92 Å². The molecular formula is C19H22N2O3S. The molecule has 2 rings (SSSR count). The van der Waals surface area contributed by atoms with Gasteiger partial charge < -0.3 is 10.6 Å². The van der Waals surface area contributed by atoms with E-state index in [0.717, 1.165) is 0 Å². The maximum atomic E-state index is 11.9. The van der Waals surface area contributed by atoms with E-state index in [4.69, 9.17) is 0 Å². The molecule has 0 saturated carbocycles. The first kappa shape index (κ1) is 18.9. The molecule has 0 unspecified atom stereocenters. The highest BCUT2D eigenvalue weighted by Gasteiger charge is 2.10. The second-order valence-electron chi connectivity index (χ2n) is 6.17. The molecule has 0 saturated heterocycles. The Morgan fingerprint density at radius 1 is 0.920 bits per heavy atom. The van der Waals surface area contributed by atoms with Gasteiger partial charge in [-0.2, -0.15) is 0 Å². The van der Waals surface area contributed by atoms with Crippen molar-refractivity contribution in [1.29, 1.82) is 0 Å². The molecule has 2 amide bonds. The van der Waals surface area contributed by atoms with Crippen molar-refractivity contribution < 1.29 is 14.4 Å². The number of benzene rings is 1. The van der Waals surface area contributed by atoms with E-state index in [2.05, 4.69) is 10.6 Å². The zero-order chi connectivity index (χ0) is 18.2. The molecule has 2 N–H and O–H groups in total. The lowest BCUT2D eigenvalue weighted by Gasteiger charge is -2.09. The first-order valence-electron chi connectivity index (χ1n) is 8.20. The predicted molar refractivity (Wildman–Crippen MR) is 101 cm³/mol. The summed E-state index contributed by atoms with van der Waals surface area (Å²) in [5, 5.41) is 7.41. The van der Waals surface area contributed by atoms with Gasteiger partial charge in [-0.1, -0.05) is 19.9 Å². The van der Waals surface area contributed by atoms with Gasteiger partial charge in [-0.15, -0.1) is 11.3 Å². The second kappa shape index (κ2) is 9.13. The Morgan fingerprint density at radius 2 is 1.52 bits per heavy atom. The van der Waals surface area contributed by atoms with Crippen molar-refractivity contribution in [3.8, 4) is 0 Å². The lowest BCUT2D eigenvalue weighted by atomic mass is 10.1. The highest BCUT2D eigenvalue weighted by atomic mass is 32.1. The molecule has 25 heavy (non-hydrogen) atoms. The largest absolute Gasteiger partial charge is 0.326 e. The van der Waals surface area contributed by atoms with Crippen LogP contribution in [0.3, 0.4) is 0 Å². The van der Waals surface area contributed by atoms with Crippen LogP contribution in [-0.2, 0) is 9.59 Å². The zero-order valence-electron chi connectivity index (χ0n) is 14.4. The number of nitrogens with one attached hydrogen (secondary N) is 2. The van der Waals surface area contributed by atoms with Crippen LogP contribution in [0.4, 0.5) is 11.4 Å². The molecule has 0 aliphatic rings. The molecule has 2 aromatic rings. The van der Waals surface area contributed by atoms with E-state index in [0.29, 0.717) is 28.6 Å². The number of anilines is 2. The monoisotopic (exact) mass is 358 g/mol. The Balaban J connectivity index is 1.79. The van der Waals surface area contributed by atoms with Gasteiger partial charge in [0, 0.05) is 30.6 Å². The van der Waals surface area contributed by atoms with Gasteiger partial charge in [-0.05, 0) is 41.6 Å². The van der Waals surface area contributed by atoms with Crippen LogP contribution in [0.2, 0.25) is 0 Å². The quantitative estimate of drug-likeness (QED) is 0.690. The van der Waals surface area contributed by atoms with E-state index in [1.807, 2.05) is 25.3 Å². The van der Waals surface area contributed by atoms with E-state index >= 15 is 0 Å². The molecule has 0 fully saturated rings. The molecule has 0 atom stereocenters. The third kappa shape index (κ3) is 6.51. The van der Waals surface area contributed by atoms with Crippen molar-refractivity contribution in [2.75, 3.05) is 10.6 Å². The minimum Gasteiger partial charge on any atom is -0.326 e. The predicted octanol–water partition coefficient (Wildman–Crippen LogP) is 4.33. The summed E-state index contributed by atoms with van der Waals surface area (Å²) < 4.78 is 0. The topological polar surface area (TPSA) is 75.3 Å². The third-order valence-electron chi connectivity index (χ3n) is 3.42. The average molecular weight is 358 g/mol. The normalized spacial score (nSPS) is 10.5. The highest BCUT2D eigenvalue weighted by Crippen LogP contribution is 2.16. The van der Waals surface area contributed by atoms with Crippen LogP contribution in [-0.4, -0.2) is 17.6 Å². The Kier molecular flexibility index (Phi) is 6.89. The first-order valence-corrected chi connectivity index (χ1v) is 9.08. The SMILES string of the molecule is CC(C)CC(=O)Nc1ccc(NC(=O)CCC(=O)c2cccs2)cc1. The van der Waals surface area contributed by atoms with E-state index in [-0.39, 0.29) is 30.4 Å². The van der Waals surface area contributed by atoms with Crippen LogP contribution < -0.4 is 10.6 Å². The molecule has 0 radical (unpaired) electrons. The minimum absolute atomic E-state index is 0.0200. The number of carbonyl (C=O) groups excluding carboxylic acids is 3. The number of thiophene rings is 1. The van der Waals surface area contributed by atoms with Crippen molar-refractivity contribution >= 4 is 40.3 Å². The van der Waals surface area contributed by atoms with Gasteiger partial charge in [0.1, 0.15) is 0 Å². The molecule has 6 heteroatoms. The van der Waals surface area contributed by atoms with Gasteiger partial charge >= 0.3 is 0 Å². The fourth-order valence-electron chi connectivity index (χ4n) is 2.23. The number of ketones is 1. The van der Waals surface area contributed by atoms with Crippen LogP contribution in [0.25, 0.3) is 0 Å². The first-order chi connectivity index (χ1) is 11.9. The van der Waals surface area contributed by atoms with Gasteiger partial charge in [0.05, 0.1) is 4.88 Å². The summed E-state index contributed by atoms with van der Waals surface area (Å²) in [5.74, 6) is 0.0455. The summed E-state index contributed by atoms with van der Waals surface area (Å²) in [4.78, 5) is 36.2. The van der Waals surface area contributed by atoms with Crippen LogP contribution in [0.5, 0.6) is 0 Å². The Bertz CT molecular complexity index is 722. The minimum atomic E-state index is -0.207. The number of hydrogen-bond acceptors (Lipinski definition) is 4. The number of amides is 2. The maximum Gasteiger partial charge on any atom is 0.224 e. The summed E-state index contributed by atoms with van der Waals surface area (Å²) in [7, 11) is 0. The summed E-state index contributed by atoms with van der Waals surface area (Å²) in [6.07, 6.45) is 0.802. The highest BCUT2D eigenvalue weighted by molar-refractivity contribution is 7.12. The molecule has 0 aliphatic heterocycles.